The minimum absolute atomic E-state index is 0.000810. The largest absolute Gasteiger partial charge is 0.480 e. The van der Waals surface area contributed by atoms with Crippen LogP contribution >= 0.6 is 11.6 Å². The van der Waals surface area contributed by atoms with Gasteiger partial charge in [0.05, 0.1) is 18.4 Å². The molecule has 1 aromatic carbocycles. The smallest absolute Gasteiger partial charge is 0.416 e. The highest BCUT2D eigenvalue weighted by molar-refractivity contribution is 6.32. The van der Waals surface area contributed by atoms with E-state index >= 15 is 0 Å². The van der Waals surface area contributed by atoms with Gasteiger partial charge in [0.2, 0.25) is 11.8 Å². The number of nitrogens with two attached hydrogens (primary N) is 1. The molecule has 2 aromatic rings. The molecular weight excluding hydrogens is 407 g/mol. The molecule has 1 amide bonds. The number of aryl methyl sites for hydroxylation is 1. The second-order valence-corrected chi connectivity index (χ2v) is 7.85. The van der Waals surface area contributed by atoms with Gasteiger partial charge in [-0.25, -0.2) is 4.68 Å². The monoisotopic (exact) mass is 429 g/mol. The molecule has 158 valence electrons. The lowest BCUT2D eigenvalue weighted by Gasteiger charge is -2.30. The van der Waals surface area contributed by atoms with E-state index in [1.165, 1.54) is 6.07 Å². The number of alkyl halides is 3. The summed E-state index contributed by atoms with van der Waals surface area (Å²) in [5, 5.41) is 4.91. The van der Waals surface area contributed by atoms with Gasteiger partial charge in [-0.1, -0.05) is 17.7 Å². The molecule has 2 N–H and O–H groups in total. The van der Waals surface area contributed by atoms with Gasteiger partial charge < -0.3 is 10.5 Å². The molecule has 1 aliphatic rings. The number of aromatic nitrogens is 2. The third kappa shape index (κ3) is 4.52. The first-order valence-electron chi connectivity index (χ1n) is 9.39. The highest BCUT2D eigenvalue weighted by Gasteiger charge is 2.33. The molecule has 1 aliphatic carbocycles. The number of benzene rings is 1. The zero-order valence-corrected chi connectivity index (χ0v) is 17.0. The van der Waals surface area contributed by atoms with Crippen LogP contribution in [0.2, 0.25) is 5.02 Å². The van der Waals surface area contributed by atoms with Crippen LogP contribution in [0.5, 0.6) is 5.88 Å². The Morgan fingerprint density at radius 2 is 1.97 bits per heavy atom. The van der Waals surface area contributed by atoms with Gasteiger partial charge in [0.15, 0.2) is 0 Å². The molecule has 3 rings (SSSR count). The average molecular weight is 430 g/mol. The van der Waals surface area contributed by atoms with E-state index < -0.39 is 17.6 Å². The number of carbonyl (C=O) groups excluding carboxylic acids is 1. The van der Waals surface area contributed by atoms with Crippen molar-refractivity contribution in [3.8, 4) is 5.88 Å². The lowest BCUT2D eigenvalue weighted by Crippen LogP contribution is -2.22. The predicted octanol–water partition coefficient (Wildman–Crippen LogP) is 4.95. The third-order valence-corrected chi connectivity index (χ3v) is 6.00. The van der Waals surface area contributed by atoms with Gasteiger partial charge in [0.1, 0.15) is 5.02 Å². The fourth-order valence-electron chi connectivity index (χ4n) is 4.06. The molecule has 0 unspecified atom stereocenters. The Hall–Kier alpha value is -2.22. The Balaban J connectivity index is 1.72. The van der Waals surface area contributed by atoms with E-state index in [0.29, 0.717) is 34.6 Å². The van der Waals surface area contributed by atoms with Crippen molar-refractivity contribution in [2.45, 2.75) is 51.2 Å². The number of rotatable bonds is 5. The highest BCUT2D eigenvalue weighted by atomic mass is 35.5. The number of methoxy groups -OCH3 is 1. The Kier molecular flexibility index (Phi) is 6.12. The Labute approximate surface area is 172 Å². The van der Waals surface area contributed by atoms with Crippen LogP contribution in [0.1, 0.15) is 58.8 Å². The highest BCUT2D eigenvalue weighted by Crippen LogP contribution is 2.40. The number of carbonyl (C=O) groups is 1. The van der Waals surface area contributed by atoms with E-state index in [0.717, 1.165) is 37.8 Å². The molecule has 29 heavy (non-hydrogen) atoms. The average Bonchev–Trinajstić information content (AvgIpc) is 2.94. The second-order valence-electron chi connectivity index (χ2n) is 7.47. The number of halogens is 4. The van der Waals surface area contributed by atoms with Gasteiger partial charge in [-0.05, 0) is 62.1 Å². The molecule has 0 radical (unpaired) electrons. The number of nitrogens with zero attached hydrogens (tertiary/aromatic N) is 2. The fourth-order valence-corrected chi connectivity index (χ4v) is 4.27. The maximum absolute atomic E-state index is 13.0. The van der Waals surface area contributed by atoms with Gasteiger partial charge in [0, 0.05) is 12.1 Å². The molecule has 0 spiro atoms. The van der Waals surface area contributed by atoms with Crippen LogP contribution in [-0.4, -0.2) is 22.8 Å². The summed E-state index contributed by atoms with van der Waals surface area (Å²) in [5.74, 6) is 0.0348. The summed E-state index contributed by atoms with van der Waals surface area (Å²) in [6, 6.07) is 3.28. The van der Waals surface area contributed by atoms with E-state index in [1.807, 2.05) is 6.92 Å². The lowest BCUT2D eigenvalue weighted by atomic mass is 9.77. The molecule has 1 fully saturated rings. The van der Waals surface area contributed by atoms with Gasteiger partial charge in [0.25, 0.3) is 0 Å². The zero-order chi connectivity index (χ0) is 21.3. The van der Waals surface area contributed by atoms with Gasteiger partial charge in [-0.3, -0.25) is 4.79 Å². The normalized spacial score (nSPS) is 19.9. The van der Waals surface area contributed by atoms with Crippen molar-refractivity contribution in [3.05, 3.63) is 45.6 Å². The number of ether oxygens (including phenoxy) is 1. The first-order chi connectivity index (χ1) is 13.6. The summed E-state index contributed by atoms with van der Waals surface area (Å²) < 4.78 is 46.0. The molecule has 1 heterocycles. The first-order valence-corrected chi connectivity index (χ1v) is 9.77. The molecule has 5 nitrogen and oxygen atoms in total. The van der Waals surface area contributed by atoms with Crippen molar-refractivity contribution in [3.63, 3.8) is 0 Å². The van der Waals surface area contributed by atoms with Crippen LogP contribution in [0.4, 0.5) is 13.2 Å². The number of primary amides is 1. The van der Waals surface area contributed by atoms with Crippen LogP contribution in [0, 0.1) is 12.8 Å². The summed E-state index contributed by atoms with van der Waals surface area (Å²) in [7, 11) is 1.55. The van der Waals surface area contributed by atoms with E-state index in [-0.39, 0.29) is 11.5 Å². The third-order valence-electron chi connectivity index (χ3n) is 5.57. The second kappa shape index (κ2) is 8.26. The quantitative estimate of drug-likeness (QED) is 0.731. The summed E-state index contributed by atoms with van der Waals surface area (Å²) in [6.07, 6.45) is -1.30. The molecule has 0 bridgehead atoms. The van der Waals surface area contributed by atoms with Crippen molar-refractivity contribution >= 4 is 17.5 Å². The Morgan fingerprint density at radius 3 is 2.52 bits per heavy atom. The number of amides is 1. The SMILES string of the molecule is COc1c(Cl)c(C)nn1CC1CCC(c2ccc(C(F)(F)F)cc2C(N)=O)CC1. The van der Waals surface area contributed by atoms with E-state index in [4.69, 9.17) is 22.1 Å². The topological polar surface area (TPSA) is 70.1 Å². The minimum atomic E-state index is -4.51. The summed E-state index contributed by atoms with van der Waals surface area (Å²) in [4.78, 5) is 11.8. The molecule has 0 aliphatic heterocycles. The van der Waals surface area contributed by atoms with E-state index in [9.17, 15) is 18.0 Å². The van der Waals surface area contributed by atoms with Gasteiger partial charge in [-0.2, -0.15) is 18.3 Å². The molecule has 1 saturated carbocycles. The minimum Gasteiger partial charge on any atom is -0.480 e. The maximum atomic E-state index is 13.0. The Morgan fingerprint density at radius 1 is 1.31 bits per heavy atom. The maximum Gasteiger partial charge on any atom is 0.416 e. The Bertz CT molecular complexity index is 903. The van der Waals surface area contributed by atoms with Gasteiger partial charge >= 0.3 is 6.18 Å². The van der Waals surface area contributed by atoms with Crippen LogP contribution in [0.3, 0.4) is 0 Å². The first kappa shape index (κ1) is 21.5. The molecule has 0 saturated heterocycles. The number of hydrogen-bond donors (Lipinski definition) is 1. The van der Waals surface area contributed by atoms with Crippen molar-refractivity contribution in [1.29, 1.82) is 0 Å². The zero-order valence-electron chi connectivity index (χ0n) is 16.2. The van der Waals surface area contributed by atoms with Gasteiger partial charge in [-0.15, -0.1) is 0 Å². The van der Waals surface area contributed by atoms with Crippen molar-refractivity contribution < 1.29 is 22.7 Å². The van der Waals surface area contributed by atoms with Crippen LogP contribution in [-0.2, 0) is 12.7 Å². The van der Waals surface area contributed by atoms with Crippen LogP contribution in [0.25, 0.3) is 0 Å². The lowest BCUT2D eigenvalue weighted by molar-refractivity contribution is -0.137. The summed E-state index contributed by atoms with van der Waals surface area (Å²) >= 11 is 6.19. The molecule has 9 heteroatoms. The fraction of sp³-hybridized carbons (Fsp3) is 0.500. The number of hydrogen-bond acceptors (Lipinski definition) is 3. The van der Waals surface area contributed by atoms with Crippen LogP contribution < -0.4 is 10.5 Å². The van der Waals surface area contributed by atoms with E-state index in [2.05, 4.69) is 5.10 Å². The predicted molar refractivity (Wildman–Crippen MR) is 103 cm³/mol. The summed E-state index contributed by atoms with van der Waals surface area (Å²) in [5.41, 5.74) is 5.76. The standard InChI is InChI=1S/C20H23ClF3N3O2/c1-11-17(21)19(29-2)27(26-11)10-12-3-5-13(6-4-12)15-8-7-14(20(22,23)24)9-16(15)18(25)28/h7-9,12-13H,3-6,10H2,1-2H3,(H2,25,28). The van der Waals surface area contributed by atoms with Crippen molar-refractivity contribution in [2.24, 2.45) is 11.7 Å². The van der Waals surface area contributed by atoms with Crippen LogP contribution in [0.15, 0.2) is 18.2 Å². The van der Waals surface area contributed by atoms with E-state index in [1.54, 1.807) is 11.8 Å². The molecular formula is C20H23ClF3N3O2. The summed E-state index contributed by atoms with van der Waals surface area (Å²) in [6.45, 7) is 2.47. The molecule has 0 atom stereocenters. The van der Waals surface area contributed by atoms with Crippen molar-refractivity contribution in [1.82, 2.24) is 9.78 Å². The molecule has 1 aromatic heterocycles. The van der Waals surface area contributed by atoms with Crippen molar-refractivity contribution in [2.75, 3.05) is 7.11 Å².